The summed E-state index contributed by atoms with van der Waals surface area (Å²) in [5, 5.41) is 3.45. The molecule has 27 heavy (non-hydrogen) atoms. The summed E-state index contributed by atoms with van der Waals surface area (Å²) in [6, 6.07) is 4.07. The second kappa shape index (κ2) is 11.7. The number of rotatable bonds is 6. The monoisotopic (exact) mass is 488 g/mol. The van der Waals surface area contributed by atoms with E-state index in [4.69, 9.17) is 9.47 Å². The standard InChI is InChI=1S/C20H32N4O2.HI/c1-21-20(24-11-10-17(14-24)15-25-2)23-13-16-8-9-19(22-12-16)26-18-6-4-3-5-7-18;/h8-9,12,17-18H,3-7,10-11,13-15H2,1-2H3,(H,21,23);1H. The van der Waals surface area contributed by atoms with Crippen molar-refractivity contribution in [2.24, 2.45) is 10.9 Å². The number of pyridine rings is 1. The number of guanidine groups is 1. The molecule has 1 atom stereocenters. The molecule has 6 nitrogen and oxygen atoms in total. The van der Waals surface area contributed by atoms with Gasteiger partial charge in [-0.15, -0.1) is 24.0 Å². The Labute approximate surface area is 180 Å². The summed E-state index contributed by atoms with van der Waals surface area (Å²) in [6.07, 6.45) is 9.58. The zero-order valence-corrected chi connectivity index (χ0v) is 18.9. The molecule has 0 amide bonds. The molecule has 1 aliphatic carbocycles. The highest BCUT2D eigenvalue weighted by Gasteiger charge is 2.24. The minimum Gasteiger partial charge on any atom is -0.474 e. The normalized spacial score (nSPS) is 21.0. The number of hydrogen-bond donors (Lipinski definition) is 1. The fourth-order valence-electron chi connectivity index (χ4n) is 3.85. The lowest BCUT2D eigenvalue weighted by molar-refractivity contribution is 0.148. The molecule has 0 spiro atoms. The van der Waals surface area contributed by atoms with Gasteiger partial charge < -0.3 is 19.7 Å². The Bertz CT molecular complexity index is 576. The number of hydrogen-bond acceptors (Lipinski definition) is 4. The number of nitrogens with zero attached hydrogens (tertiary/aromatic N) is 3. The van der Waals surface area contributed by atoms with E-state index in [0.29, 0.717) is 12.0 Å². The SMILES string of the molecule is CN=C(NCc1ccc(OC2CCCCC2)nc1)N1CCC(COC)C1.I. The number of ether oxygens (including phenoxy) is 2. The molecule has 0 bridgehead atoms. The smallest absolute Gasteiger partial charge is 0.213 e. The highest BCUT2D eigenvalue weighted by atomic mass is 127. The number of aliphatic imine (C=N–C) groups is 1. The van der Waals surface area contributed by atoms with E-state index in [1.807, 2.05) is 19.3 Å². The maximum Gasteiger partial charge on any atom is 0.213 e. The van der Waals surface area contributed by atoms with Crippen LogP contribution in [0.25, 0.3) is 0 Å². The van der Waals surface area contributed by atoms with Crippen LogP contribution in [0.2, 0.25) is 0 Å². The topological polar surface area (TPSA) is 59.0 Å². The maximum absolute atomic E-state index is 6.00. The summed E-state index contributed by atoms with van der Waals surface area (Å²) in [7, 11) is 3.61. The Hall–Kier alpha value is -1.09. The van der Waals surface area contributed by atoms with Crippen LogP contribution in [0.15, 0.2) is 23.3 Å². The molecule has 1 saturated heterocycles. The molecule has 2 heterocycles. The Morgan fingerprint density at radius 2 is 2.07 bits per heavy atom. The van der Waals surface area contributed by atoms with Gasteiger partial charge in [-0.25, -0.2) is 4.98 Å². The summed E-state index contributed by atoms with van der Waals surface area (Å²) in [4.78, 5) is 11.2. The maximum atomic E-state index is 6.00. The summed E-state index contributed by atoms with van der Waals surface area (Å²) >= 11 is 0. The molecule has 1 unspecified atom stereocenters. The first-order valence-electron chi connectivity index (χ1n) is 9.84. The van der Waals surface area contributed by atoms with Crippen LogP contribution in [0.1, 0.15) is 44.1 Å². The second-order valence-electron chi connectivity index (χ2n) is 7.34. The molecule has 0 radical (unpaired) electrons. The van der Waals surface area contributed by atoms with Gasteiger partial charge in [0.2, 0.25) is 5.88 Å². The molecule has 2 fully saturated rings. The van der Waals surface area contributed by atoms with Crippen molar-refractivity contribution >= 4 is 29.9 Å². The third-order valence-corrected chi connectivity index (χ3v) is 5.29. The fraction of sp³-hybridized carbons (Fsp3) is 0.700. The third kappa shape index (κ3) is 6.78. The molecule has 1 N–H and O–H groups in total. The van der Waals surface area contributed by atoms with E-state index in [-0.39, 0.29) is 24.0 Å². The van der Waals surface area contributed by atoms with Crippen LogP contribution in [0, 0.1) is 5.92 Å². The predicted octanol–water partition coefficient (Wildman–Crippen LogP) is 3.45. The van der Waals surface area contributed by atoms with Gasteiger partial charge in [0, 0.05) is 52.0 Å². The van der Waals surface area contributed by atoms with Crippen molar-refractivity contribution in [3.63, 3.8) is 0 Å². The molecular weight excluding hydrogens is 455 g/mol. The van der Waals surface area contributed by atoms with Crippen molar-refractivity contribution in [2.75, 3.05) is 33.9 Å². The Balaban J connectivity index is 0.00000261. The van der Waals surface area contributed by atoms with E-state index in [9.17, 15) is 0 Å². The minimum atomic E-state index is 0. The van der Waals surface area contributed by atoms with Crippen LogP contribution in [-0.2, 0) is 11.3 Å². The van der Waals surface area contributed by atoms with Gasteiger partial charge in [-0.1, -0.05) is 12.5 Å². The van der Waals surface area contributed by atoms with E-state index < -0.39 is 0 Å². The highest BCUT2D eigenvalue weighted by molar-refractivity contribution is 14.0. The summed E-state index contributed by atoms with van der Waals surface area (Å²) in [5.41, 5.74) is 1.13. The number of aromatic nitrogens is 1. The Kier molecular flexibility index (Phi) is 9.61. The number of nitrogens with one attached hydrogen (secondary N) is 1. The van der Waals surface area contributed by atoms with Crippen molar-refractivity contribution in [1.82, 2.24) is 15.2 Å². The van der Waals surface area contributed by atoms with Gasteiger partial charge in [-0.2, -0.15) is 0 Å². The molecule has 0 aromatic carbocycles. The number of halogens is 1. The van der Waals surface area contributed by atoms with E-state index >= 15 is 0 Å². The first kappa shape index (κ1) is 22.2. The van der Waals surface area contributed by atoms with Crippen LogP contribution in [0.4, 0.5) is 0 Å². The second-order valence-corrected chi connectivity index (χ2v) is 7.34. The number of likely N-dealkylation sites (tertiary alicyclic amines) is 1. The van der Waals surface area contributed by atoms with E-state index in [2.05, 4.69) is 26.3 Å². The average molecular weight is 488 g/mol. The van der Waals surface area contributed by atoms with Gasteiger partial charge in [0.25, 0.3) is 0 Å². The van der Waals surface area contributed by atoms with E-state index in [1.165, 1.54) is 19.3 Å². The van der Waals surface area contributed by atoms with Crippen molar-refractivity contribution < 1.29 is 9.47 Å². The van der Waals surface area contributed by atoms with Gasteiger partial charge in [-0.05, 0) is 37.7 Å². The van der Waals surface area contributed by atoms with Crippen LogP contribution in [0.5, 0.6) is 5.88 Å². The lowest BCUT2D eigenvalue weighted by atomic mass is 9.98. The largest absolute Gasteiger partial charge is 0.474 e. The van der Waals surface area contributed by atoms with Crippen molar-refractivity contribution in [3.8, 4) is 5.88 Å². The van der Waals surface area contributed by atoms with Crippen molar-refractivity contribution in [1.29, 1.82) is 0 Å². The van der Waals surface area contributed by atoms with Gasteiger partial charge in [0.15, 0.2) is 5.96 Å². The lowest BCUT2D eigenvalue weighted by Gasteiger charge is -2.23. The molecular formula is C20H33IN4O2. The van der Waals surface area contributed by atoms with E-state index in [1.54, 1.807) is 7.11 Å². The Morgan fingerprint density at radius 3 is 2.74 bits per heavy atom. The molecule has 1 saturated carbocycles. The summed E-state index contributed by atoms with van der Waals surface area (Å²) < 4.78 is 11.3. The van der Waals surface area contributed by atoms with E-state index in [0.717, 1.165) is 62.9 Å². The van der Waals surface area contributed by atoms with Crippen LogP contribution in [0.3, 0.4) is 0 Å². The van der Waals surface area contributed by atoms with Crippen molar-refractivity contribution in [2.45, 2.75) is 51.2 Å². The molecule has 1 aliphatic heterocycles. The van der Waals surface area contributed by atoms with Crippen LogP contribution >= 0.6 is 24.0 Å². The fourth-order valence-corrected chi connectivity index (χ4v) is 3.85. The summed E-state index contributed by atoms with van der Waals surface area (Å²) in [5.74, 6) is 2.29. The minimum absolute atomic E-state index is 0. The first-order chi connectivity index (χ1) is 12.8. The molecule has 7 heteroatoms. The first-order valence-corrected chi connectivity index (χ1v) is 9.84. The molecule has 1 aromatic rings. The highest BCUT2D eigenvalue weighted by Crippen LogP contribution is 2.22. The molecule has 1 aromatic heterocycles. The zero-order valence-electron chi connectivity index (χ0n) is 16.5. The molecule has 3 rings (SSSR count). The zero-order chi connectivity index (χ0) is 18.2. The van der Waals surface area contributed by atoms with Crippen LogP contribution < -0.4 is 10.1 Å². The van der Waals surface area contributed by atoms with Crippen molar-refractivity contribution in [3.05, 3.63) is 23.9 Å². The third-order valence-electron chi connectivity index (χ3n) is 5.29. The quantitative estimate of drug-likeness (QED) is 0.378. The average Bonchev–Trinajstić information content (AvgIpc) is 3.13. The summed E-state index contributed by atoms with van der Waals surface area (Å²) in [6.45, 7) is 3.56. The van der Waals surface area contributed by atoms with Crippen LogP contribution in [-0.4, -0.2) is 55.8 Å². The van der Waals surface area contributed by atoms with Gasteiger partial charge in [0.05, 0.1) is 6.61 Å². The van der Waals surface area contributed by atoms with Gasteiger partial charge in [-0.3, -0.25) is 4.99 Å². The predicted molar refractivity (Wildman–Crippen MR) is 119 cm³/mol. The van der Waals surface area contributed by atoms with Gasteiger partial charge in [0.1, 0.15) is 6.10 Å². The lowest BCUT2D eigenvalue weighted by Crippen LogP contribution is -2.39. The molecule has 2 aliphatic rings. The van der Waals surface area contributed by atoms with Gasteiger partial charge >= 0.3 is 0 Å². The number of methoxy groups -OCH3 is 1. The molecule has 152 valence electrons. The Morgan fingerprint density at radius 1 is 1.26 bits per heavy atom.